The number of allylic oxidation sites excluding steroid dienone is 4. The molecule has 0 saturated heterocycles. The van der Waals surface area contributed by atoms with E-state index in [0.29, 0.717) is 17.8 Å². The van der Waals surface area contributed by atoms with Crippen molar-refractivity contribution in [3.63, 3.8) is 0 Å². The summed E-state index contributed by atoms with van der Waals surface area (Å²) in [6.45, 7) is 0. The first-order valence-corrected chi connectivity index (χ1v) is 8.54. The Labute approximate surface area is 149 Å². The van der Waals surface area contributed by atoms with Gasteiger partial charge < -0.3 is 4.98 Å². The minimum absolute atomic E-state index is 0.0752. The van der Waals surface area contributed by atoms with E-state index in [1.807, 2.05) is 66.9 Å². The number of ketones is 1. The molecule has 1 aliphatic carbocycles. The Morgan fingerprint density at radius 3 is 2.62 bits per heavy atom. The molecule has 1 N–H and O–H groups in total. The zero-order valence-electron chi connectivity index (χ0n) is 13.9. The third kappa shape index (κ3) is 2.35. The van der Waals surface area contributed by atoms with Gasteiger partial charge in [-0.05, 0) is 41.5 Å². The fourth-order valence-electron chi connectivity index (χ4n) is 3.42. The molecule has 4 nitrogen and oxygen atoms in total. The van der Waals surface area contributed by atoms with Crippen molar-refractivity contribution in [2.24, 2.45) is 0 Å². The number of carbonyl (C=O) groups is 1. The highest BCUT2D eigenvalue weighted by Gasteiger charge is 2.20. The molecule has 26 heavy (non-hydrogen) atoms. The van der Waals surface area contributed by atoms with Crippen molar-refractivity contribution in [3.8, 4) is 0 Å². The highest BCUT2D eigenvalue weighted by Crippen LogP contribution is 2.31. The van der Waals surface area contributed by atoms with Gasteiger partial charge in [0.05, 0.1) is 22.1 Å². The summed E-state index contributed by atoms with van der Waals surface area (Å²) in [4.78, 5) is 24.8. The molecule has 2 heterocycles. The molecule has 2 aromatic heterocycles. The first kappa shape index (κ1) is 14.8. The van der Waals surface area contributed by atoms with Gasteiger partial charge in [0.2, 0.25) is 0 Å². The molecule has 2 aromatic carbocycles. The van der Waals surface area contributed by atoms with E-state index in [1.165, 1.54) is 0 Å². The number of aromatic amines is 1. The molecule has 0 bridgehead atoms. The number of H-pyrrole nitrogens is 1. The van der Waals surface area contributed by atoms with Gasteiger partial charge in [0.1, 0.15) is 5.82 Å². The molecule has 0 atom stereocenters. The highest BCUT2D eigenvalue weighted by atomic mass is 16.1. The number of nitrogens with one attached hydrogen (secondary N) is 1. The second-order valence-electron chi connectivity index (χ2n) is 6.32. The molecule has 0 saturated carbocycles. The summed E-state index contributed by atoms with van der Waals surface area (Å²) in [5.41, 5.74) is 5.47. The van der Waals surface area contributed by atoms with E-state index < -0.39 is 0 Å². The summed E-state index contributed by atoms with van der Waals surface area (Å²) < 4.78 is 0. The normalized spacial score (nSPS) is 14.5. The van der Waals surface area contributed by atoms with Gasteiger partial charge >= 0.3 is 0 Å². The number of imidazole rings is 1. The number of hydrogen-bond donors (Lipinski definition) is 1. The van der Waals surface area contributed by atoms with Gasteiger partial charge in [-0.1, -0.05) is 36.4 Å². The zero-order chi connectivity index (χ0) is 17.5. The van der Waals surface area contributed by atoms with Crippen molar-refractivity contribution in [1.82, 2.24) is 15.0 Å². The molecule has 0 spiro atoms. The SMILES string of the molecule is O=C1CC=C(c2ccnc3ccccc23)C=C1c1nc2ccccc2[nH]1. The molecule has 0 unspecified atom stereocenters. The van der Waals surface area contributed by atoms with Crippen molar-refractivity contribution < 1.29 is 4.79 Å². The molecule has 5 rings (SSSR count). The summed E-state index contributed by atoms with van der Waals surface area (Å²) in [7, 11) is 0. The smallest absolute Gasteiger partial charge is 0.170 e. The Morgan fingerprint density at radius 2 is 1.73 bits per heavy atom. The summed E-state index contributed by atoms with van der Waals surface area (Å²) in [5, 5.41) is 1.08. The molecule has 4 aromatic rings. The van der Waals surface area contributed by atoms with E-state index in [1.54, 1.807) is 0 Å². The number of benzene rings is 2. The van der Waals surface area contributed by atoms with Gasteiger partial charge in [-0.2, -0.15) is 0 Å². The molecule has 0 amide bonds. The fourth-order valence-corrected chi connectivity index (χ4v) is 3.42. The van der Waals surface area contributed by atoms with Crippen molar-refractivity contribution in [1.29, 1.82) is 0 Å². The molecular weight excluding hydrogens is 322 g/mol. The fraction of sp³-hybridized carbons (Fsp3) is 0.0455. The summed E-state index contributed by atoms with van der Waals surface area (Å²) in [6, 6.07) is 17.8. The summed E-state index contributed by atoms with van der Waals surface area (Å²) in [6.07, 6.45) is 6.10. The minimum atomic E-state index is 0.0752. The van der Waals surface area contributed by atoms with Crippen LogP contribution >= 0.6 is 0 Å². The first-order chi connectivity index (χ1) is 12.8. The second kappa shape index (κ2) is 5.77. The lowest BCUT2D eigenvalue weighted by Gasteiger charge is -2.13. The van der Waals surface area contributed by atoms with Crippen molar-refractivity contribution >= 4 is 38.9 Å². The van der Waals surface area contributed by atoms with Crippen LogP contribution in [0.4, 0.5) is 0 Å². The van der Waals surface area contributed by atoms with Crippen molar-refractivity contribution in [3.05, 3.63) is 84.3 Å². The summed E-state index contributed by atoms with van der Waals surface area (Å²) in [5.74, 6) is 0.700. The minimum Gasteiger partial charge on any atom is -0.338 e. The van der Waals surface area contributed by atoms with Gasteiger partial charge in [-0.25, -0.2) is 4.98 Å². The van der Waals surface area contributed by atoms with E-state index >= 15 is 0 Å². The Hall–Kier alpha value is -3.53. The maximum atomic E-state index is 12.5. The van der Waals surface area contributed by atoms with Crippen LogP contribution in [0.1, 0.15) is 17.8 Å². The van der Waals surface area contributed by atoms with Crippen LogP contribution in [-0.2, 0) is 4.79 Å². The third-order valence-corrected chi connectivity index (χ3v) is 4.71. The van der Waals surface area contributed by atoms with Gasteiger partial charge in [0.15, 0.2) is 5.78 Å². The first-order valence-electron chi connectivity index (χ1n) is 8.54. The lowest BCUT2D eigenvalue weighted by Crippen LogP contribution is -2.07. The average molecular weight is 337 g/mol. The van der Waals surface area contributed by atoms with Crippen LogP contribution in [0.5, 0.6) is 0 Å². The van der Waals surface area contributed by atoms with Crippen LogP contribution < -0.4 is 0 Å². The number of nitrogens with zero attached hydrogens (tertiary/aromatic N) is 2. The standard InChI is InChI=1S/C22H15N3O/c26-21-10-9-14(15-11-12-23-18-6-2-1-5-16(15)18)13-17(21)22-24-19-7-3-4-8-20(19)25-22/h1-9,11-13H,10H2,(H,24,25). The quantitative estimate of drug-likeness (QED) is 0.584. The molecule has 0 radical (unpaired) electrons. The van der Waals surface area contributed by atoms with E-state index in [-0.39, 0.29) is 5.78 Å². The predicted molar refractivity (Wildman–Crippen MR) is 103 cm³/mol. The number of aromatic nitrogens is 3. The number of fused-ring (bicyclic) bond motifs is 2. The molecule has 0 fully saturated rings. The molecular formula is C22H15N3O. The monoisotopic (exact) mass is 337 g/mol. The number of pyridine rings is 1. The van der Waals surface area contributed by atoms with Crippen LogP contribution in [0.15, 0.2) is 72.9 Å². The van der Waals surface area contributed by atoms with Gasteiger partial charge in [-0.15, -0.1) is 0 Å². The van der Waals surface area contributed by atoms with Gasteiger partial charge in [0.25, 0.3) is 0 Å². The van der Waals surface area contributed by atoms with Crippen LogP contribution in [0, 0.1) is 0 Å². The van der Waals surface area contributed by atoms with E-state index in [0.717, 1.165) is 33.1 Å². The van der Waals surface area contributed by atoms with Crippen LogP contribution in [0.2, 0.25) is 0 Å². The maximum Gasteiger partial charge on any atom is 0.170 e. The third-order valence-electron chi connectivity index (χ3n) is 4.71. The topological polar surface area (TPSA) is 58.6 Å². The Kier molecular flexibility index (Phi) is 3.28. The average Bonchev–Trinajstić information content (AvgIpc) is 3.12. The van der Waals surface area contributed by atoms with E-state index in [2.05, 4.69) is 21.0 Å². The number of hydrogen-bond acceptors (Lipinski definition) is 3. The lowest BCUT2D eigenvalue weighted by atomic mass is 9.92. The van der Waals surface area contributed by atoms with Gasteiger partial charge in [-0.3, -0.25) is 9.78 Å². The Bertz CT molecular complexity index is 1190. The van der Waals surface area contributed by atoms with Crippen LogP contribution in [-0.4, -0.2) is 20.7 Å². The predicted octanol–water partition coefficient (Wildman–Crippen LogP) is 4.55. The number of para-hydroxylation sites is 3. The molecule has 0 aliphatic heterocycles. The maximum absolute atomic E-state index is 12.5. The molecule has 4 heteroatoms. The lowest BCUT2D eigenvalue weighted by molar-refractivity contribution is -0.113. The molecule has 1 aliphatic rings. The summed E-state index contributed by atoms with van der Waals surface area (Å²) >= 11 is 0. The van der Waals surface area contributed by atoms with E-state index in [9.17, 15) is 4.79 Å². The van der Waals surface area contributed by atoms with E-state index in [4.69, 9.17) is 0 Å². The van der Waals surface area contributed by atoms with Gasteiger partial charge in [0, 0.05) is 18.0 Å². The van der Waals surface area contributed by atoms with Crippen LogP contribution in [0.25, 0.3) is 33.1 Å². The van der Waals surface area contributed by atoms with Crippen molar-refractivity contribution in [2.75, 3.05) is 0 Å². The van der Waals surface area contributed by atoms with Crippen molar-refractivity contribution in [2.45, 2.75) is 6.42 Å². The van der Waals surface area contributed by atoms with Crippen LogP contribution in [0.3, 0.4) is 0 Å². The number of rotatable bonds is 2. The number of Topliss-reactive ketones (excluding diaryl/α,β-unsaturated/α-hetero) is 1. The highest BCUT2D eigenvalue weighted by molar-refractivity contribution is 6.24. The Morgan fingerprint density at radius 1 is 0.923 bits per heavy atom. The largest absolute Gasteiger partial charge is 0.338 e. The second-order valence-corrected chi connectivity index (χ2v) is 6.32. The Balaban J connectivity index is 1.66. The zero-order valence-corrected chi connectivity index (χ0v) is 13.9. The number of carbonyl (C=O) groups excluding carboxylic acids is 1. The molecule has 124 valence electrons.